The van der Waals surface area contributed by atoms with E-state index in [9.17, 15) is 0 Å². The standard InChI is InChI=1S/C22H30N2O2S/c1-16(2)25-20-11-7-18(8-12-20)6-5-15-23-22(27)24-19-9-13-21(14-10-19)26-17(3)4/h7-14,16-17H,5-6,15H2,1-4H3,(H2,23,24,27). The summed E-state index contributed by atoms with van der Waals surface area (Å²) in [6, 6.07) is 16.1. The number of benzene rings is 2. The number of hydrogen-bond donors (Lipinski definition) is 2. The summed E-state index contributed by atoms with van der Waals surface area (Å²) >= 11 is 5.36. The van der Waals surface area contributed by atoms with Gasteiger partial charge in [-0.1, -0.05) is 12.1 Å². The lowest BCUT2D eigenvalue weighted by Crippen LogP contribution is -2.29. The monoisotopic (exact) mass is 386 g/mol. The van der Waals surface area contributed by atoms with Crippen molar-refractivity contribution in [2.45, 2.75) is 52.7 Å². The van der Waals surface area contributed by atoms with E-state index in [4.69, 9.17) is 21.7 Å². The van der Waals surface area contributed by atoms with Crippen molar-refractivity contribution in [3.63, 3.8) is 0 Å². The van der Waals surface area contributed by atoms with Crippen LogP contribution in [0, 0.1) is 0 Å². The molecule has 2 rings (SSSR count). The lowest BCUT2D eigenvalue weighted by atomic mass is 10.1. The molecule has 2 N–H and O–H groups in total. The number of thiocarbonyl (C=S) groups is 1. The van der Waals surface area contributed by atoms with E-state index in [1.165, 1.54) is 5.56 Å². The molecule has 2 aromatic carbocycles. The van der Waals surface area contributed by atoms with Gasteiger partial charge in [0.25, 0.3) is 0 Å². The number of anilines is 1. The molecular formula is C22H30N2O2S. The first kappa shape index (κ1) is 21.0. The third kappa shape index (κ3) is 8.31. The third-order valence-electron chi connectivity index (χ3n) is 3.71. The molecule has 146 valence electrons. The van der Waals surface area contributed by atoms with Crippen molar-refractivity contribution in [2.24, 2.45) is 0 Å². The van der Waals surface area contributed by atoms with E-state index in [2.05, 4.69) is 22.8 Å². The summed E-state index contributed by atoms with van der Waals surface area (Å²) in [5, 5.41) is 7.08. The third-order valence-corrected chi connectivity index (χ3v) is 3.95. The first-order valence-corrected chi connectivity index (χ1v) is 9.90. The number of aryl methyl sites for hydroxylation is 1. The Hall–Kier alpha value is -2.27. The molecule has 0 aliphatic rings. The zero-order chi connectivity index (χ0) is 19.6. The maximum Gasteiger partial charge on any atom is 0.170 e. The van der Waals surface area contributed by atoms with Crippen molar-refractivity contribution in [3.05, 3.63) is 54.1 Å². The molecule has 0 spiro atoms. The summed E-state index contributed by atoms with van der Waals surface area (Å²) in [6.45, 7) is 8.91. The molecule has 0 aliphatic carbocycles. The average Bonchev–Trinajstić information content (AvgIpc) is 2.61. The predicted octanol–water partition coefficient (Wildman–Crippen LogP) is 5.18. The van der Waals surface area contributed by atoms with Crippen molar-refractivity contribution < 1.29 is 9.47 Å². The Bertz CT molecular complexity index is 697. The minimum atomic E-state index is 0.172. The van der Waals surface area contributed by atoms with Gasteiger partial charge in [0.05, 0.1) is 12.2 Å². The van der Waals surface area contributed by atoms with Crippen LogP contribution in [0.25, 0.3) is 0 Å². The maximum absolute atomic E-state index is 5.66. The molecule has 0 saturated carbocycles. The van der Waals surface area contributed by atoms with Gasteiger partial charge in [0, 0.05) is 12.2 Å². The van der Waals surface area contributed by atoms with Gasteiger partial charge in [-0.25, -0.2) is 0 Å². The molecule has 27 heavy (non-hydrogen) atoms. The molecule has 0 amide bonds. The van der Waals surface area contributed by atoms with E-state index in [0.717, 1.165) is 36.6 Å². The average molecular weight is 387 g/mol. The first-order chi connectivity index (χ1) is 12.9. The van der Waals surface area contributed by atoms with Gasteiger partial charge < -0.3 is 20.1 Å². The normalized spacial score (nSPS) is 10.7. The fourth-order valence-corrected chi connectivity index (χ4v) is 2.79. The van der Waals surface area contributed by atoms with Gasteiger partial charge in [-0.3, -0.25) is 0 Å². The fraction of sp³-hybridized carbons (Fsp3) is 0.409. The van der Waals surface area contributed by atoms with Crippen LogP contribution in [0.5, 0.6) is 11.5 Å². The second-order valence-corrected chi connectivity index (χ2v) is 7.39. The van der Waals surface area contributed by atoms with Gasteiger partial charge in [-0.05, 0) is 94.7 Å². The highest BCUT2D eigenvalue weighted by molar-refractivity contribution is 7.80. The molecular weight excluding hydrogens is 356 g/mol. The number of ether oxygens (including phenoxy) is 2. The zero-order valence-corrected chi connectivity index (χ0v) is 17.4. The van der Waals surface area contributed by atoms with Gasteiger partial charge in [0.15, 0.2) is 5.11 Å². The molecule has 0 atom stereocenters. The largest absolute Gasteiger partial charge is 0.491 e. The molecule has 0 heterocycles. The first-order valence-electron chi connectivity index (χ1n) is 9.49. The van der Waals surface area contributed by atoms with Crippen molar-refractivity contribution >= 4 is 23.0 Å². The minimum Gasteiger partial charge on any atom is -0.491 e. The zero-order valence-electron chi connectivity index (χ0n) is 16.6. The van der Waals surface area contributed by atoms with Crippen molar-refractivity contribution in [3.8, 4) is 11.5 Å². The van der Waals surface area contributed by atoms with Crippen molar-refractivity contribution in [2.75, 3.05) is 11.9 Å². The van der Waals surface area contributed by atoms with Crippen LogP contribution in [0.4, 0.5) is 5.69 Å². The summed E-state index contributed by atoms with van der Waals surface area (Å²) in [4.78, 5) is 0. The van der Waals surface area contributed by atoms with Crippen LogP contribution in [-0.2, 0) is 6.42 Å². The van der Waals surface area contributed by atoms with Crippen LogP contribution in [0.15, 0.2) is 48.5 Å². The Morgan fingerprint density at radius 1 is 0.852 bits per heavy atom. The summed E-state index contributed by atoms with van der Waals surface area (Å²) in [5.74, 6) is 1.78. The Morgan fingerprint density at radius 3 is 1.89 bits per heavy atom. The highest BCUT2D eigenvalue weighted by Gasteiger charge is 2.01. The van der Waals surface area contributed by atoms with E-state index in [1.54, 1.807) is 0 Å². The Morgan fingerprint density at radius 2 is 1.37 bits per heavy atom. The van der Waals surface area contributed by atoms with E-state index < -0.39 is 0 Å². The van der Waals surface area contributed by atoms with Crippen molar-refractivity contribution in [1.29, 1.82) is 0 Å². The molecule has 2 aromatic rings. The van der Waals surface area contributed by atoms with Crippen LogP contribution in [0.2, 0.25) is 0 Å². The quantitative estimate of drug-likeness (QED) is 0.459. The van der Waals surface area contributed by atoms with Gasteiger partial charge in [0.1, 0.15) is 11.5 Å². The van der Waals surface area contributed by atoms with Crippen LogP contribution in [0.3, 0.4) is 0 Å². The van der Waals surface area contributed by atoms with E-state index >= 15 is 0 Å². The summed E-state index contributed by atoms with van der Waals surface area (Å²) in [7, 11) is 0. The highest BCUT2D eigenvalue weighted by Crippen LogP contribution is 2.17. The summed E-state index contributed by atoms with van der Waals surface area (Å²) in [6.07, 6.45) is 2.38. The molecule has 0 aliphatic heterocycles. The second-order valence-electron chi connectivity index (χ2n) is 6.99. The Kier molecular flexibility index (Phi) is 8.40. The van der Waals surface area contributed by atoms with E-state index in [0.29, 0.717) is 5.11 Å². The number of nitrogens with one attached hydrogen (secondary N) is 2. The van der Waals surface area contributed by atoms with Gasteiger partial charge in [-0.2, -0.15) is 0 Å². The Labute approximate surface area is 168 Å². The Balaban J connectivity index is 1.67. The van der Waals surface area contributed by atoms with Crippen LogP contribution >= 0.6 is 12.2 Å². The molecule has 0 bridgehead atoms. The van der Waals surface area contributed by atoms with Crippen LogP contribution < -0.4 is 20.1 Å². The lowest BCUT2D eigenvalue weighted by molar-refractivity contribution is 0.242. The molecule has 0 radical (unpaired) electrons. The van der Waals surface area contributed by atoms with Crippen LogP contribution in [0.1, 0.15) is 39.7 Å². The van der Waals surface area contributed by atoms with Gasteiger partial charge >= 0.3 is 0 Å². The predicted molar refractivity (Wildman–Crippen MR) is 117 cm³/mol. The van der Waals surface area contributed by atoms with Gasteiger partial charge in [0.2, 0.25) is 0 Å². The number of rotatable bonds is 9. The summed E-state index contributed by atoms with van der Waals surface area (Å²) in [5.41, 5.74) is 2.25. The number of hydrogen-bond acceptors (Lipinski definition) is 3. The van der Waals surface area contributed by atoms with Crippen molar-refractivity contribution in [1.82, 2.24) is 5.32 Å². The molecule has 5 heteroatoms. The van der Waals surface area contributed by atoms with E-state index in [1.807, 2.05) is 64.1 Å². The molecule has 4 nitrogen and oxygen atoms in total. The molecule has 0 fully saturated rings. The molecule has 0 aromatic heterocycles. The summed E-state index contributed by atoms with van der Waals surface area (Å²) < 4.78 is 11.3. The topological polar surface area (TPSA) is 42.5 Å². The maximum atomic E-state index is 5.66. The van der Waals surface area contributed by atoms with E-state index in [-0.39, 0.29) is 12.2 Å². The SMILES string of the molecule is CC(C)Oc1ccc(CCCNC(=S)Nc2ccc(OC(C)C)cc2)cc1. The highest BCUT2D eigenvalue weighted by atomic mass is 32.1. The van der Waals surface area contributed by atoms with Gasteiger partial charge in [-0.15, -0.1) is 0 Å². The lowest BCUT2D eigenvalue weighted by Gasteiger charge is -2.13. The second kappa shape index (κ2) is 10.8. The van der Waals surface area contributed by atoms with Crippen LogP contribution in [-0.4, -0.2) is 23.9 Å². The minimum absolute atomic E-state index is 0.172. The molecule has 0 saturated heterocycles. The smallest absolute Gasteiger partial charge is 0.170 e. The molecule has 0 unspecified atom stereocenters. The fourth-order valence-electron chi connectivity index (χ4n) is 2.57.